The molecule has 0 aromatic carbocycles. The number of nitrogens with zero attached hydrogens (tertiary/aromatic N) is 2. The summed E-state index contributed by atoms with van der Waals surface area (Å²) in [5.74, 6) is 1.61. The summed E-state index contributed by atoms with van der Waals surface area (Å²) in [6.07, 6.45) is 42.9. The molecule has 1 rings (SSSR count). The van der Waals surface area contributed by atoms with Crippen LogP contribution in [0.1, 0.15) is 194 Å². The molecule has 0 saturated heterocycles. The molecule has 0 radical (unpaired) electrons. The van der Waals surface area contributed by atoms with Crippen molar-refractivity contribution < 1.29 is 4.57 Å². The van der Waals surface area contributed by atoms with Gasteiger partial charge >= 0.3 is 0 Å². The summed E-state index contributed by atoms with van der Waals surface area (Å²) in [6.45, 7) is 9.39. The third kappa shape index (κ3) is 19.9. The van der Waals surface area contributed by atoms with Crippen LogP contribution in [0.2, 0.25) is 0 Å². The molecule has 1 heterocycles. The first-order valence-electron chi connectivity index (χ1n) is 17.4. The second-order valence-electron chi connectivity index (χ2n) is 12.0. The van der Waals surface area contributed by atoms with Crippen LogP contribution in [-0.2, 0) is 19.5 Å². The Morgan fingerprint density at radius 1 is 0.459 bits per heavy atom. The first-order chi connectivity index (χ1) is 18.3. The molecule has 0 aliphatic carbocycles. The summed E-state index contributed by atoms with van der Waals surface area (Å²) < 4.78 is 5.23. The second-order valence-corrected chi connectivity index (χ2v) is 12.0. The van der Waals surface area contributed by atoms with E-state index in [0.717, 1.165) is 0 Å². The zero-order chi connectivity index (χ0) is 26.7. The van der Waals surface area contributed by atoms with Crippen molar-refractivity contribution in [3.63, 3.8) is 0 Å². The summed E-state index contributed by atoms with van der Waals surface area (Å²) >= 11 is 0. The van der Waals surface area contributed by atoms with Gasteiger partial charge in [0.15, 0.2) is 0 Å². The van der Waals surface area contributed by atoms with Crippen LogP contribution in [0.25, 0.3) is 0 Å². The van der Waals surface area contributed by atoms with Crippen molar-refractivity contribution in [3.05, 3.63) is 18.2 Å². The fraction of sp³-hybridized carbons (Fsp3) is 0.914. The van der Waals surface area contributed by atoms with E-state index < -0.39 is 0 Å². The molecule has 2 heteroatoms. The summed E-state index contributed by atoms with van der Waals surface area (Å²) in [5.41, 5.74) is 0. The predicted molar refractivity (Wildman–Crippen MR) is 165 cm³/mol. The quantitative estimate of drug-likeness (QED) is 0.0737. The highest BCUT2D eigenvalue weighted by molar-refractivity contribution is 4.84. The summed E-state index contributed by atoms with van der Waals surface area (Å²) in [5, 5.41) is 0. The van der Waals surface area contributed by atoms with Crippen molar-refractivity contribution in [2.45, 2.75) is 207 Å². The third-order valence-corrected chi connectivity index (χ3v) is 8.35. The van der Waals surface area contributed by atoms with Gasteiger partial charge in [-0.15, -0.1) is 0 Å². The standard InChI is InChI=1S/C35H69N2/c1-4-7-10-13-16-18-19-20-22-24-27-30-35-36(31-28-25-15-12-9-6-3)33-34-37(35)32-29-26-23-21-17-14-11-8-5-2/h33-34H,4-32H2,1-3H3/q+1. The van der Waals surface area contributed by atoms with Crippen LogP contribution in [0.3, 0.4) is 0 Å². The van der Waals surface area contributed by atoms with Gasteiger partial charge in [0.05, 0.1) is 13.1 Å². The van der Waals surface area contributed by atoms with Crippen LogP contribution < -0.4 is 4.57 Å². The molecule has 0 amide bonds. The van der Waals surface area contributed by atoms with E-state index in [0.29, 0.717) is 0 Å². The minimum atomic E-state index is 1.23. The van der Waals surface area contributed by atoms with E-state index in [4.69, 9.17) is 0 Å². The van der Waals surface area contributed by atoms with Gasteiger partial charge in [0.25, 0.3) is 5.82 Å². The lowest BCUT2D eigenvalue weighted by atomic mass is 10.1. The van der Waals surface area contributed by atoms with Gasteiger partial charge in [-0.3, -0.25) is 0 Å². The van der Waals surface area contributed by atoms with Crippen molar-refractivity contribution in [2.75, 3.05) is 0 Å². The molecule has 2 nitrogen and oxygen atoms in total. The number of unbranched alkanes of at least 4 members (excludes halogenated alkanes) is 23. The van der Waals surface area contributed by atoms with E-state index in [-0.39, 0.29) is 0 Å². The third-order valence-electron chi connectivity index (χ3n) is 8.35. The Morgan fingerprint density at radius 2 is 0.838 bits per heavy atom. The van der Waals surface area contributed by atoms with Crippen molar-refractivity contribution in [1.82, 2.24) is 4.57 Å². The predicted octanol–water partition coefficient (Wildman–Crippen LogP) is 11.5. The molecule has 1 aromatic heterocycles. The van der Waals surface area contributed by atoms with Crippen molar-refractivity contribution in [3.8, 4) is 0 Å². The number of hydrogen-bond donors (Lipinski definition) is 0. The molecule has 0 saturated carbocycles. The highest BCUT2D eigenvalue weighted by Gasteiger charge is 2.16. The molecule has 0 spiro atoms. The van der Waals surface area contributed by atoms with Crippen molar-refractivity contribution in [2.24, 2.45) is 0 Å². The lowest BCUT2D eigenvalue weighted by Crippen LogP contribution is -2.37. The van der Waals surface area contributed by atoms with Crippen LogP contribution in [0.5, 0.6) is 0 Å². The minimum Gasteiger partial charge on any atom is -0.234 e. The molecule has 0 unspecified atom stereocenters. The van der Waals surface area contributed by atoms with Crippen molar-refractivity contribution in [1.29, 1.82) is 0 Å². The van der Waals surface area contributed by atoms with Crippen LogP contribution in [0.4, 0.5) is 0 Å². The highest BCUT2D eigenvalue weighted by Crippen LogP contribution is 2.14. The maximum atomic E-state index is 2.62. The number of hydrogen-bond acceptors (Lipinski definition) is 0. The van der Waals surface area contributed by atoms with E-state index in [1.54, 1.807) is 5.82 Å². The lowest BCUT2D eigenvalue weighted by molar-refractivity contribution is -0.704. The Morgan fingerprint density at radius 3 is 1.30 bits per heavy atom. The van der Waals surface area contributed by atoms with Crippen LogP contribution in [0.15, 0.2) is 12.4 Å². The number of imidazole rings is 1. The Labute approximate surface area is 234 Å². The Kier molecular flexibility index (Phi) is 24.8. The minimum absolute atomic E-state index is 1.23. The SMILES string of the molecule is CCCCCCCCCCCCCc1n(CCCCCCCC)cc[n+]1CCCCCCCCCCC. The Bertz CT molecular complexity index is 576. The summed E-state index contributed by atoms with van der Waals surface area (Å²) in [6, 6.07) is 0. The van der Waals surface area contributed by atoms with E-state index in [9.17, 15) is 0 Å². The molecule has 0 N–H and O–H groups in total. The molecule has 37 heavy (non-hydrogen) atoms. The van der Waals surface area contributed by atoms with Gasteiger partial charge in [0.1, 0.15) is 12.4 Å². The largest absolute Gasteiger partial charge is 0.256 e. The van der Waals surface area contributed by atoms with Gasteiger partial charge in [0.2, 0.25) is 0 Å². The van der Waals surface area contributed by atoms with Crippen LogP contribution in [-0.4, -0.2) is 4.57 Å². The fourth-order valence-electron chi connectivity index (χ4n) is 5.80. The lowest BCUT2D eigenvalue weighted by Gasteiger charge is -2.07. The smallest absolute Gasteiger partial charge is 0.234 e. The van der Waals surface area contributed by atoms with Crippen molar-refractivity contribution >= 4 is 0 Å². The summed E-state index contributed by atoms with van der Waals surface area (Å²) in [4.78, 5) is 0. The van der Waals surface area contributed by atoms with Gasteiger partial charge in [0, 0.05) is 6.42 Å². The van der Waals surface area contributed by atoms with Gasteiger partial charge in [-0.1, -0.05) is 156 Å². The molecule has 0 aliphatic heterocycles. The van der Waals surface area contributed by atoms with Crippen LogP contribution in [0, 0.1) is 0 Å². The molecule has 1 aromatic rings. The first-order valence-corrected chi connectivity index (χ1v) is 17.4. The van der Waals surface area contributed by atoms with Gasteiger partial charge in [-0.2, -0.15) is 0 Å². The van der Waals surface area contributed by atoms with Crippen LogP contribution >= 0.6 is 0 Å². The van der Waals surface area contributed by atoms with E-state index in [2.05, 4.69) is 42.3 Å². The molecular weight excluding hydrogens is 448 g/mol. The van der Waals surface area contributed by atoms with Gasteiger partial charge < -0.3 is 0 Å². The molecule has 0 aliphatic rings. The number of aryl methyl sites for hydroxylation is 2. The monoisotopic (exact) mass is 518 g/mol. The number of aromatic nitrogens is 2. The zero-order valence-electron chi connectivity index (χ0n) is 26.1. The second kappa shape index (κ2) is 26.8. The maximum absolute atomic E-state index is 2.62. The Hall–Kier alpha value is -0.790. The molecule has 218 valence electrons. The maximum Gasteiger partial charge on any atom is 0.256 e. The molecular formula is C35H69N2+. The van der Waals surface area contributed by atoms with E-state index >= 15 is 0 Å². The fourth-order valence-corrected chi connectivity index (χ4v) is 5.80. The summed E-state index contributed by atoms with van der Waals surface area (Å²) in [7, 11) is 0. The Balaban J connectivity index is 2.32. The average molecular weight is 518 g/mol. The highest BCUT2D eigenvalue weighted by atomic mass is 15.1. The normalized spacial score (nSPS) is 11.5. The zero-order valence-corrected chi connectivity index (χ0v) is 26.1. The molecule has 0 fully saturated rings. The first kappa shape index (κ1) is 34.2. The van der Waals surface area contributed by atoms with E-state index in [1.807, 2.05) is 0 Å². The topological polar surface area (TPSA) is 8.81 Å². The number of rotatable bonds is 29. The van der Waals surface area contributed by atoms with Gasteiger partial charge in [-0.25, -0.2) is 9.13 Å². The molecule has 0 atom stereocenters. The van der Waals surface area contributed by atoms with Gasteiger partial charge in [-0.05, 0) is 32.1 Å². The molecule has 0 bridgehead atoms. The van der Waals surface area contributed by atoms with E-state index in [1.165, 1.54) is 186 Å². The average Bonchev–Trinajstić information content (AvgIpc) is 3.29.